The molecule has 0 aliphatic carbocycles. The van der Waals surface area contributed by atoms with Crippen molar-refractivity contribution in [3.8, 4) is 11.5 Å². The van der Waals surface area contributed by atoms with E-state index in [9.17, 15) is 9.90 Å². The van der Waals surface area contributed by atoms with Crippen LogP contribution in [-0.2, 0) is 6.54 Å². The molecule has 0 saturated carbocycles. The molecule has 23 heavy (non-hydrogen) atoms. The maximum atomic E-state index is 12.3. The highest BCUT2D eigenvalue weighted by atomic mass is 79.9. The first-order valence-corrected chi connectivity index (χ1v) is 8.68. The van der Waals surface area contributed by atoms with Gasteiger partial charge in [0, 0.05) is 26.2 Å². The van der Waals surface area contributed by atoms with Crippen molar-refractivity contribution in [1.29, 1.82) is 0 Å². The molecule has 1 aromatic rings. The van der Waals surface area contributed by atoms with Gasteiger partial charge in [-0.2, -0.15) is 0 Å². The van der Waals surface area contributed by atoms with E-state index in [0.29, 0.717) is 37.8 Å². The molecule has 126 valence electrons. The lowest BCUT2D eigenvalue weighted by Crippen LogP contribution is -2.45. The Morgan fingerprint density at radius 1 is 1.39 bits per heavy atom. The van der Waals surface area contributed by atoms with Crippen molar-refractivity contribution in [3.05, 3.63) is 22.2 Å². The molecule has 2 heterocycles. The number of nitrogens with one attached hydrogen (secondary N) is 1. The molecule has 1 aromatic carbocycles. The zero-order valence-electron chi connectivity index (χ0n) is 12.9. The van der Waals surface area contributed by atoms with Crippen molar-refractivity contribution < 1.29 is 19.4 Å². The van der Waals surface area contributed by atoms with Gasteiger partial charge in [-0.15, -0.1) is 0 Å². The number of halogens is 1. The van der Waals surface area contributed by atoms with E-state index in [-0.39, 0.29) is 18.6 Å². The molecular formula is C16H21BrN2O4. The predicted octanol–water partition coefficient (Wildman–Crippen LogP) is 2.13. The van der Waals surface area contributed by atoms with Crippen molar-refractivity contribution in [3.63, 3.8) is 0 Å². The fourth-order valence-electron chi connectivity index (χ4n) is 2.95. The number of ether oxygens (including phenoxy) is 2. The zero-order valence-corrected chi connectivity index (χ0v) is 14.5. The molecule has 0 spiro atoms. The molecule has 7 heteroatoms. The summed E-state index contributed by atoms with van der Waals surface area (Å²) in [7, 11) is 0. The number of aliphatic hydroxyl groups excluding tert-OH is 1. The lowest BCUT2D eigenvalue weighted by Gasteiger charge is -2.31. The van der Waals surface area contributed by atoms with Crippen molar-refractivity contribution in [2.24, 2.45) is 5.92 Å². The van der Waals surface area contributed by atoms with E-state index in [1.54, 1.807) is 4.90 Å². The van der Waals surface area contributed by atoms with Crippen LogP contribution in [0.3, 0.4) is 0 Å². The van der Waals surface area contributed by atoms with Crippen LogP contribution >= 0.6 is 15.9 Å². The summed E-state index contributed by atoms with van der Waals surface area (Å²) >= 11 is 3.48. The van der Waals surface area contributed by atoms with Crippen molar-refractivity contribution in [1.82, 2.24) is 10.2 Å². The van der Waals surface area contributed by atoms with Crippen LogP contribution in [0.25, 0.3) is 0 Å². The number of likely N-dealkylation sites (tertiary alicyclic amines) is 1. The summed E-state index contributed by atoms with van der Waals surface area (Å²) in [6, 6.07) is 3.74. The van der Waals surface area contributed by atoms with Crippen molar-refractivity contribution in [2.75, 3.05) is 32.9 Å². The number of fused-ring (bicyclic) bond motifs is 1. The molecule has 2 aliphatic rings. The number of benzene rings is 1. The predicted molar refractivity (Wildman–Crippen MR) is 88.8 cm³/mol. The third-order valence-corrected chi connectivity index (χ3v) is 4.75. The summed E-state index contributed by atoms with van der Waals surface area (Å²) in [4.78, 5) is 14.0. The fraction of sp³-hybridized carbons (Fsp3) is 0.562. The minimum absolute atomic E-state index is 0.0887. The Hall–Kier alpha value is -1.47. The highest BCUT2D eigenvalue weighted by Gasteiger charge is 2.23. The van der Waals surface area contributed by atoms with Crippen molar-refractivity contribution in [2.45, 2.75) is 19.4 Å². The first-order valence-electron chi connectivity index (χ1n) is 7.89. The molecular weight excluding hydrogens is 364 g/mol. The summed E-state index contributed by atoms with van der Waals surface area (Å²) in [6.07, 6.45) is 1.92. The van der Waals surface area contributed by atoms with E-state index in [0.717, 1.165) is 29.4 Å². The number of nitrogens with zero attached hydrogens (tertiary/aromatic N) is 1. The monoisotopic (exact) mass is 384 g/mol. The Balaban J connectivity index is 1.59. The number of hydrogen-bond donors (Lipinski definition) is 2. The van der Waals surface area contributed by atoms with Crippen LogP contribution in [0.15, 0.2) is 16.6 Å². The van der Waals surface area contributed by atoms with Crippen LogP contribution < -0.4 is 14.8 Å². The van der Waals surface area contributed by atoms with E-state index in [1.165, 1.54) is 0 Å². The topological polar surface area (TPSA) is 71.0 Å². The molecule has 3 rings (SSSR count). The van der Waals surface area contributed by atoms with Crippen LogP contribution in [-0.4, -0.2) is 48.9 Å². The van der Waals surface area contributed by atoms with Gasteiger partial charge in [-0.05, 0) is 52.4 Å². The summed E-state index contributed by atoms with van der Waals surface area (Å²) in [5, 5.41) is 12.2. The average molecular weight is 385 g/mol. The third kappa shape index (κ3) is 3.90. The van der Waals surface area contributed by atoms with Crippen LogP contribution in [0.1, 0.15) is 18.4 Å². The van der Waals surface area contributed by atoms with Gasteiger partial charge in [0.15, 0.2) is 11.5 Å². The molecule has 0 bridgehead atoms. The normalized spacial score (nSPS) is 20.3. The van der Waals surface area contributed by atoms with Gasteiger partial charge in [0.1, 0.15) is 13.2 Å². The Morgan fingerprint density at radius 3 is 3.04 bits per heavy atom. The van der Waals surface area contributed by atoms with Crippen LogP contribution in [0.5, 0.6) is 11.5 Å². The summed E-state index contributed by atoms with van der Waals surface area (Å²) in [5.74, 6) is 1.61. The van der Waals surface area contributed by atoms with Crippen LogP contribution in [0.4, 0.5) is 4.79 Å². The number of piperidine rings is 1. The Bertz CT molecular complexity index is 581. The zero-order chi connectivity index (χ0) is 16.2. The van der Waals surface area contributed by atoms with Gasteiger partial charge in [0.2, 0.25) is 0 Å². The first kappa shape index (κ1) is 16.4. The molecule has 6 nitrogen and oxygen atoms in total. The Morgan fingerprint density at radius 2 is 2.22 bits per heavy atom. The third-order valence-electron chi connectivity index (χ3n) is 4.16. The minimum atomic E-state index is -0.0887. The highest BCUT2D eigenvalue weighted by molar-refractivity contribution is 9.10. The molecule has 0 radical (unpaired) electrons. The second kappa shape index (κ2) is 7.40. The van der Waals surface area contributed by atoms with Gasteiger partial charge in [0.05, 0.1) is 4.47 Å². The van der Waals surface area contributed by atoms with E-state index >= 15 is 0 Å². The fourth-order valence-corrected chi connectivity index (χ4v) is 3.56. The first-order chi connectivity index (χ1) is 11.2. The van der Waals surface area contributed by atoms with Gasteiger partial charge in [-0.1, -0.05) is 0 Å². The van der Waals surface area contributed by atoms with Gasteiger partial charge in [-0.3, -0.25) is 0 Å². The molecule has 1 atom stereocenters. The van der Waals surface area contributed by atoms with E-state index in [4.69, 9.17) is 9.47 Å². The van der Waals surface area contributed by atoms with E-state index in [1.807, 2.05) is 12.1 Å². The second-order valence-electron chi connectivity index (χ2n) is 5.90. The molecule has 1 saturated heterocycles. The lowest BCUT2D eigenvalue weighted by molar-refractivity contribution is 0.129. The largest absolute Gasteiger partial charge is 0.486 e. The number of rotatable bonds is 3. The van der Waals surface area contributed by atoms with E-state index < -0.39 is 0 Å². The number of urea groups is 1. The maximum Gasteiger partial charge on any atom is 0.317 e. The average Bonchev–Trinajstić information content (AvgIpc) is 2.60. The molecule has 0 aromatic heterocycles. The minimum Gasteiger partial charge on any atom is -0.486 e. The molecule has 1 unspecified atom stereocenters. The highest BCUT2D eigenvalue weighted by Crippen LogP contribution is 2.38. The number of carbonyl (C=O) groups excluding carboxylic acids is 1. The SMILES string of the molecule is O=C(NCc1cc(Br)c2c(c1)OCCO2)N1CCCC(CO)C1. The molecule has 2 amide bonds. The smallest absolute Gasteiger partial charge is 0.317 e. The van der Waals surface area contributed by atoms with Gasteiger partial charge in [-0.25, -0.2) is 4.79 Å². The lowest BCUT2D eigenvalue weighted by atomic mass is 9.99. The second-order valence-corrected chi connectivity index (χ2v) is 6.75. The molecule has 2 N–H and O–H groups in total. The Kier molecular flexibility index (Phi) is 5.27. The number of aliphatic hydroxyl groups is 1. The van der Waals surface area contributed by atoms with Crippen LogP contribution in [0, 0.1) is 5.92 Å². The number of carbonyl (C=O) groups is 1. The van der Waals surface area contributed by atoms with Gasteiger partial charge >= 0.3 is 6.03 Å². The van der Waals surface area contributed by atoms with Gasteiger partial charge in [0.25, 0.3) is 0 Å². The Labute approximate surface area is 143 Å². The summed E-state index contributed by atoms with van der Waals surface area (Å²) in [6.45, 7) is 3.00. The maximum absolute atomic E-state index is 12.3. The summed E-state index contributed by atoms with van der Waals surface area (Å²) in [5.41, 5.74) is 0.949. The van der Waals surface area contributed by atoms with Crippen molar-refractivity contribution >= 4 is 22.0 Å². The summed E-state index contributed by atoms with van der Waals surface area (Å²) < 4.78 is 12.0. The number of amides is 2. The molecule has 1 fully saturated rings. The van der Waals surface area contributed by atoms with E-state index in [2.05, 4.69) is 21.2 Å². The standard InChI is InChI=1S/C16H21BrN2O4/c17-13-6-12(7-14-15(13)23-5-4-22-14)8-18-16(21)19-3-1-2-11(9-19)10-20/h6-7,11,20H,1-5,8-10H2,(H,18,21). The quantitative estimate of drug-likeness (QED) is 0.837. The number of hydrogen-bond acceptors (Lipinski definition) is 4. The van der Waals surface area contributed by atoms with Crippen LogP contribution in [0.2, 0.25) is 0 Å². The molecule has 2 aliphatic heterocycles. The van der Waals surface area contributed by atoms with Gasteiger partial charge < -0.3 is 24.8 Å².